The van der Waals surface area contributed by atoms with E-state index in [0.29, 0.717) is 12.1 Å². The number of benzene rings is 1. The summed E-state index contributed by atoms with van der Waals surface area (Å²) in [7, 11) is 0. The first-order valence-corrected chi connectivity index (χ1v) is 6.79. The first-order chi connectivity index (χ1) is 8.93. The minimum absolute atomic E-state index is 0.134. The van der Waals surface area contributed by atoms with Crippen LogP contribution in [0.1, 0.15) is 20.3 Å². The first-order valence-electron chi connectivity index (χ1n) is 6.00. The van der Waals surface area contributed by atoms with Gasteiger partial charge in [0.25, 0.3) is 0 Å². The Morgan fingerprint density at radius 3 is 2.63 bits per heavy atom. The second-order valence-corrected chi connectivity index (χ2v) is 5.23. The highest BCUT2D eigenvalue weighted by molar-refractivity contribution is 9.10. The van der Waals surface area contributed by atoms with Crippen LogP contribution in [0.5, 0.6) is 0 Å². The van der Waals surface area contributed by atoms with Gasteiger partial charge in [0, 0.05) is 10.2 Å². The summed E-state index contributed by atoms with van der Waals surface area (Å²) in [5, 5.41) is 14.2. The Balaban J connectivity index is 2.65. The number of halogens is 1. The van der Waals surface area contributed by atoms with Crippen LogP contribution in [0.4, 0.5) is 10.5 Å². The van der Waals surface area contributed by atoms with Crippen LogP contribution in [0.2, 0.25) is 0 Å². The molecule has 0 radical (unpaired) electrons. The molecule has 0 spiro atoms. The highest BCUT2D eigenvalue weighted by atomic mass is 79.9. The molecule has 0 aliphatic rings. The molecule has 0 fully saturated rings. The molecular weight excluding hydrogens is 312 g/mol. The van der Waals surface area contributed by atoms with Crippen LogP contribution in [-0.4, -0.2) is 23.1 Å². The zero-order valence-corrected chi connectivity index (χ0v) is 12.4. The van der Waals surface area contributed by atoms with Gasteiger partial charge in [0.1, 0.15) is 6.04 Å². The average molecular weight is 329 g/mol. The van der Waals surface area contributed by atoms with Crippen molar-refractivity contribution in [2.75, 3.05) is 5.32 Å². The molecule has 0 aliphatic heterocycles. The molecule has 5 nitrogen and oxygen atoms in total. The average Bonchev–Trinajstić information content (AvgIpc) is 2.34. The summed E-state index contributed by atoms with van der Waals surface area (Å²) in [6.07, 6.45) is 0.675. The number of carboxylic acid groups (broad SMARTS) is 1. The molecule has 2 atom stereocenters. The van der Waals surface area contributed by atoms with Gasteiger partial charge in [0.2, 0.25) is 0 Å². The fraction of sp³-hybridized carbons (Fsp3) is 0.385. The van der Waals surface area contributed by atoms with E-state index in [4.69, 9.17) is 5.11 Å². The molecule has 6 heteroatoms. The van der Waals surface area contributed by atoms with Crippen molar-refractivity contribution >= 4 is 33.6 Å². The minimum atomic E-state index is -1.03. The molecule has 0 heterocycles. The molecule has 104 valence electrons. The van der Waals surface area contributed by atoms with E-state index in [1.54, 1.807) is 25.1 Å². The number of aliphatic carboxylic acids is 1. The van der Waals surface area contributed by atoms with Gasteiger partial charge in [-0.1, -0.05) is 42.3 Å². The Hall–Kier alpha value is -1.56. The van der Waals surface area contributed by atoms with Gasteiger partial charge in [-0.25, -0.2) is 9.59 Å². The van der Waals surface area contributed by atoms with Crippen LogP contribution < -0.4 is 10.6 Å². The number of hydrogen-bond acceptors (Lipinski definition) is 2. The summed E-state index contributed by atoms with van der Waals surface area (Å²) < 4.78 is 0.835. The Kier molecular flexibility index (Phi) is 5.82. The molecule has 0 bridgehead atoms. The molecule has 0 aromatic heterocycles. The van der Waals surface area contributed by atoms with Crippen molar-refractivity contribution in [2.24, 2.45) is 5.92 Å². The van der Waals surface area contributed by atoms with Crippen molar-refractivity contribution in [1.29, 1.82) is 0 Å². The number of nitrogens with one attached hydrogen (secondary N) is 2. The van der Waals surface area contributed by atoms with E-state index in [2.05, 4.69) is 26.6 Å². The molecule has 1 rings (SSSR count). The van der Waals surface area contributed by atoms with Crippen LogP contribution in [0.15, 0.2) is 28.7 Å². The van der Waals surface area contributed by atoms with Crippen LogP contribution in [0, 0.1) is 5.92 Å². The largest absolute Gasteiger partial charge is 0.480 e. The summed E-state index contributed by atoms with van der Waals surface area (Å²) >= 11 is 3.29. The fourth-order valence-corrected chi connectivity index (χ4v) is 1.96. The summed E-state index contributed by atoms with van der Waals surface area (Å²) in [4.78, 5) is 22.9. The lowest BCUT2D eigenvalue weighted by atomic mass is 9.99. The number of anilines is 1. The smallest absolute Gasteiger partial charge is 0.326 e. The molecule has 1 aromatic rings. The molecule has 0 saturated heterocycles. The summed E-state index contributed by atoms with van der Waals surface area (Å²) in [5.74, 6) is -1.16. The number of amides is 2. The summed E-state index contributed by atoms with van der Waals surface area (Å²) in [6, 6.07) is 5.66. The van der Waals surface area contributed by atoms with Crippen LogP contribution in [0.3, 0.4) is 0 Å². The van der Waals surface area contributed by atoms with E-state index in [0.717, 1.165) is 4.47 Å². The predicted molar refractivity (Wildman–Crippen MR) is 77.2 cm³/mol. The van der Waals surface area contributed by atoms with E-state index in [9.17, 15) is 9.59 Å². The van der Waals surface area contributed by atoms with Crippen LogP contribution in [-0.2, 0) is 4.79 Å². The molecule has 0 aliphatic carbocycles. The maximum atomic E-state index is 11.8. The fourth-order valence-electron chi connectivity index (χ4n) is 1.56. The standard InChI is InChI=1S/C13H17BrN2O3/c1-3-8(2)11(12(17)18)16-13(19)15-10-6-4-5-9(14)7-10/h4-8,11H,3H2,1-2H3,(H,17,18)(H2,15,16,19)/t8-,11+/m1/s1. The van der Waals surface area contributed by atoms with Crippen molar-refractivity contribution in [3.05, 3.63) is 28.7 Å². The maximum absolute atomic E-state index is 11.8. The van der Waals surface area contributed by atoms with Crippen LogP contribution >= 0.6 is 15.9 Å². The lowest BCUT2D eigenvalue weighted by molar-refractivity contribution is -0.140. The Morgan fingerprint density at radius 1 is 1.42 bits per heavy atom. The van der Waals surface area contributed by atoms with E-state index >= 15 is 0 Å². The molecule has 3 N–H and O–H groups in total. The molecule has 0 saturated carbocycles. The second kappa shape index (κ2) is 7.13. The topological polar surface area (TPSA) is 78.4 Å². The van der Waals surface area contributed by atoms with E-state index in [-0.39, 0.29) is 5.92 Å². The highest BCUT2D eigenvalue weighted by Gasteiger charge is 2.25. The zero-order chi connectivity index (χ0) is 14.4. The Labute approximate surface area is 120 Å². The number of carbonyl (C=O) groups is 2. The quantitative estimate of drug-likeness (QED) is 0.777. The SMILES string of the molecule is CC[C@@H](C)[C@H](NC(=O)Nc1cccc(Br)c1)C(=O)O. The van der Waals surface area contributed by atoms with Crippen molar-refractivity contribution < 1.29 is 14.7 Å². The third-order valence-corrected chi connectivity index (χ3v) is 3.34. The number of rotatable bonds is 5. The monoisotopic (exact) mass is 328 g/mol. The third kappa shape index (κ3) is 4.90. The van der Waals surface area contributed by atoms with Gasteiger partial charge >= 0.3 is 12.0 Å². The first kappa shape index (κ1) is 15.5. The number of carboxylic acids is 1. The summed E-state index contributed by atoms with van der Waals surface area (Å²) in [6.45, 7) is 3.67. The third-order valence-electron chi connectivity index (χ3n) is 2.85. The van der Waals surface area contributed by atoms with Gasteiger partial charge in [-0.2, -0.15) is 0 Å². The van der Waals surface area contributed by atoms with Crippen LogP contribution in [0.25, 0.3) is 0 Å². The summed E-state index contributed by atoms with van der Waals surface area (Å²) in [5.41, 5.74) is 0.597. The van der Waals surface area contributed by atoms with Gasteiger partial charge in [0.05, 0.1) is 0 Å². The van der Waals surface area contributed by atoms with Gasteiger partial charge in [-0.15, -0.1) is 0 Å². The predicted octanol–water partition coefficient (Wildman–Crippen LogP) is 3.07. The lowest BCUT2D eigenvalue weighted by Crippen LogP contribution is -2.46. The molecule has 1 aromatic carbocycles. The lowest BCUT2D eigenvalue weighted by Gasteiger charge is -2.20. The van der Waals surface area contributed by atoms with E-state index in [1.807, 2.05) is 13.0 Å². The number of hydrogen-bond donors (Lipinski definition) is 3. The normalized spacial score (nSPS) is 13.4. The molecular formula is C13H17BrN2O3. The molecule has 2 amide bonds. The van der Waals surface area contributed by atoms with Gasteiger partial charge in [-0.05, 0) is 24.1 Å². The maximum Gasteiger partial charge on any atom is 0.326 e. The van der Waals surface area contributed by atoms with Gasteiger partial charge < -0.3 is 15.7 Å². The van der Waals surface area contributed by atoms with E-state index in [1.165, 1.54) is 0 Å². The van der Waals surface area contributed by atoms with Gasteiger partial charge in [0.15, 0.2) is 0 Å². The second-order valence-electron chi connectivity index (χ2n) is 4.31. The van der Waals surface area contributed by atoms with Gasteiger partial charge in [-0.3, -0.25) is 0 Å². The van der Waals surface area contributed by atoms with Crippen molar-refractivity contribution in [1.82, 2.24) is 5.32 Å². The van der Waals surface area contributed by atoms with Crippen molar-refractivity contribution in [3.8, 4) is 0 Å². The molecule has 0 unspecified atom stereocenters. The number of carbonyl (C=O) groups excluding carboxylic acids is 1. The molecule has 19 heavy (non-hydrogen) atoms. The minimum Gasteiger partial charge on any atom is -0.480 e. The number of urea groups is 1. The van der Waals surface area contributed by atoms with E-state index < -0.39 is 18.0 Å². The zero-order valence-electron chi connectivity index (χ0n) is 10.8. The Bertz CT molecular complexity index is 465. The highest BCUT2D eigenvalue weighted by Crippen LogP contribution is 2.15. The van der Waals surface area contributed by atoms with Crippen molar-refractivity contribution in [3.63, 3.8) is 0 Å². The Morgan fingerprint density at radius 2 is 2.11 bits per heavy atom. The van der Waals surface area contributed by atoms with Crippen molar-refractivity contribution in [2.45, 2.75) is 26.3 Å².